The number of carbonyl (C=O) groups is 6. The van der Waals surface area contributed by atoms with Gasteiger partial charge in [-0.3, -0.25) is 33.7 Å². The summed E-state index contributed by atoms with van der Waals surface area (Å²) in [5.41, 5.74) is 0. The van der Waals surface area contributed by atoms with Crippen LogP contribution in [0.25, 0.3) is 0 Å². The molecule has 2 aliphatic rings. The highest BCUT2D eigenvalue weighted by Crippen LogP contribution is 2.33. The topological polar surface area (TPSA) is 155 Å². The van der Waals surface area contributed by atoms with E-state index in [2.05, 4.69) is 5.32 Å². The number of carbonyl (C=O) groups excluding carboxylic acids is 6. The first-order chi connectivity index (χ1) is 15.2. The molecule has 0 aromatic heterocycles. The van der Waals surface area contributed by atoms with Crippen LogP contribution in [0.2, 0.25) is 0 Å². The van der Waals surface area contributed by atoms with E-state index in [1.165, 1.54) is 13.8 Å². The van der Waals surface area contributed by atoms with Crippen LogP contribution in [0.5, 0.6) is 0 Å². The summed E-state index contributed by atoms with van der Waals surface area (Å²) >= 11 is 0. The summed E-state index contributed by atoms with van der Waals surface area (Å²) in [4.78, 5) is 74.0. The molecule has 32 heavy (non-hydrogen) atoms. The predicted octanol–water partition coefficient (Wildman–Crippen LogP) is -0.428. The molecule has 5 atom stereocenters. The van der Waals surface area contributed by atoms with Crippen LogP contribution in [0.15, 0.2) is 0 Å². The molecule has 2 saturated heterocycles. The molecule has 0 saturated carbocycles. The van der Waals surface area contributed by atoms with Gasteiger partial charge in [0.05, 0.1) is 0 Å². The number of hydrogen-bond acceptors (Lipinski definition) is 10. The van der Waals surface area contributed by atoms with Crippen LogP contribution in [0, 0.1) is 0 Å². The van der Waals surface area contributed by atoms with Gasteiger partial charge >= 0.3 is 35.7 Å². The highest BCUT2D eigenvalue weighted by atomic mass is 16.6. The Labute approximate surface area is 184 Å². The van der Waals surface area contributed by atoms with Gasteiger partial charge in [-0.2, -0.15) is 0 Å². The lowest BCUT2D eigenvalue weighted by Gasteiger charge is -2.48. The fraction of sp³-hybridized carbons (Fsp3) is 0.700. The van der Waals surface area contributed by atoms with Crippen molar-refractivity contribution in [1.82, 2.24) is 10.2 Å². The number of nitrogens with zero attached hydrogens (tertiary/aromatic N) is 1. The van der Waals surface area contributed by atoms with Gasteiger partial charge in [-0.25, -0.2) is 0 Å². The van der Waals surface area contributed by atoms with Crippen LogP contribution in [-0.2, 0) is 47.7 Å². The lowest BCUT2D eigenvalue weighted by molar-refractivity contribution is -0.218. The first kappa shape index (κ1) is 25.1. The summed E-state index contributed by atoms with van der Waals surface area (Å²) in [7, 11) is 0. The van der Waals surface area contributed by atoms with Gasteiger partial charge in [0.25, 0.3) is 0 Å². The van der Waals surface area contributed by atoms with E-state index in [0.29, 0.717) is 0 Å². The molecule has 178 valence electrons. The zero-order valence-electron chi connectivity index (χ0n) is 18.5. The average molecular weight is 456 g/mol. The van der Waals surface area contributed by atoms with Crippen molar-refractivity contribution < 1.29 is 47.7 Å². The normalized spacial score (nSPS) is 26.6. The van der Waals surface area contributed by atoms with Crippen molar-refractivity contribution in [3.63, 3.8) is 0 Å². The number of nitrogens with one attached hydrogen (secondary N) is 1. The summed E-state index contributed by atoms with van der Waals surface area (Å²) < 4.78 is 21.6. The Kier molecular flexibility index (Phi) is 8.56. The molecule has 1 N–H and O–H groups in total. The van der Waals surface area contributed by atoms with Crippen molar-refractivity contribution in [3.8, 4) is 0 Å². The molecule has 0 radical (unpaired) electrons. The summed E-state index contributed by atoms with van der Waals surface area (Å²) in [5, 5.41) is 2.41. The summed E-state index contributed by atoms with van der Waals surface area (Å²) in [6, 6.07) is -1.16. The second-order valence-corrected chi connectivity index (χ2v) is 7.16. The van der Waals surface area contributed by atoms with Crippen LogP contribution >= 0.6 is 0 Å². The molecule has 2 amide bonds. The van der Waals surface area contributed by atoms with E-state index < -0.39 is 72.8 Å². The summed E-state index contributed by atoms with van der Waals surface area (Å²) in [6.07, 6.45) is -5.32. The van der Waals surface area contributed by atoms with Gasteiger partial charge in [-0.1, -0.05) is 27.7 Å². The zero-order chi connectivity index (χ0) is 24.0. The number of ether oxygens (including phenoxy) is 4. The third-order valence-electron chi connectivity index (χ3n) is 5.08. The van der Waals surface area contributed by atoms with E-state index in [1.54, 1.807) is 13.8 Å². The zero-order valence-corrected chi connectivity index (χ0v) is 18.5. The number of esters is 4. The van der Waals surface area contributed by atoms with Gasteiger partial charge in [0.2, 0.25) is 0 Å². The molecule has 0 aromatic rings. The maximum Gasteiger partial charge on any atom is 0.314 e. The highest BCUT2D eigenvalue weighted by Gasteiger charge is 2.60. The summed E-state index contributed by atoms with van der Waals surface area (Å²) in [6.45, 7) is 5.75. The minimum atomic E-state index is -1.36. The minimum Gasteiger partial charge on any atom is -0.463 e. The van der Waals surface area contributed by atoms with Gasteiger partial charge in [-0.15, -0.1) is 0 Å². The lowest BCUT2D eigenvalue weighted by Crippen LogP contribution is -2.70. The van der Waals surface area contributed by atoms with E-state index in [-0.39, 0.29) is 25.7 Å². The smallest absolute Gasteiger partial charge is 0.314 e. The SMILES string of the molecule is CCC(=O)OC[C@@H]1[C@@H](OC(=O)CC)[C@H](OC(=O)CC)[C@H](OC(=O)CC)[C@H]2NC(=O)C(=O)N12. The fourth-order valence-electron chi connectivity index (χ4n) is 3.42. The largest absolute Gasteiger partial charge is 0.463 e. The number of fused-ring (bicyclic) bond motifs is 1. The van der Waals surface area contributed by atoms with E-state index in [0.717, 1.165) is 4.90 Å². The highest BCUT2D eigenvalue weighted by molar-refractivity contribution is 6.37. The molecule has 12 heteroatoms. The molecule has 0 aromatic carbocycles. The maximum absolute atomic E-state index is 12.6. The third-order valence-corrected chi connectivity index (χ3v) is 5.08. The second kappa shape index (κ2) is 10.9. The van der Waals surface area contributed by atoms with Crippen LogP contribution in [0.3, 0.4) is 0 Å². The Bertz CT molecular complexity index is 782. The van der Waals surface area contributed by atoms with Crippen molar-refractivity contribution >= 4 is 35.7 Å². The second-order valence-electron chi connectivity index (χ2n) is 7.16. The molecule has 0 bridgehead atoms. The van der Waals surface area contributed by atoms with Gasteiger partial charge < -0.3 is 24.3 Å². The number of hydrogen-bond donors (Lipinski definition) is 1. The first-order valence-electron chi connectivity index (χ1n) is 10.5. The number of amides is 2. The third kappa shape index (κ3) is 5.35. The molecule has 2 fully saturated rings. The predicted molar refractivity (Wildman–Crippen MR) is 104 cm³/mol. The Hall–Kier alpha value is -3.18. The van der Waals surface area contributed by atoms with Crippen molar-refractivity contribution in [2.45, 2.75) is 83.9 Å². The molecule has 2 heterocycles. The van der Waals surface area contributed by atoms with Gasteiger partial charge in [0.15, 0.2) is 18.3 Å². The Balaban J connectivity index is 2.55. The van der Waals surface area contributed by atoms with Crippen molar-refractivity contribution in [2.24, 2.45) is 0 Å². The number of rotatable bonds is 9. The van der Waals surface area contributed by atoms with Crippen molar-refractivity contribution in [2.75, 3.05) is 6.61 Å². The van der Waals surface area contributed by atoms with Crippen molar-refractivity contribution in [3.05, 3.63) is 0 Å². The van der Waals surface area contributed by atoms with Gasteiger partial charge in [0, 0.05) is 25.7 Å². The molecule has 12 nitrogen and oxygen atoms in total. The van der Waals surface area contributed by atoms with Crippen LogP contribution in [0.1, 0.15) is 53.4 Å². The minimum absolute atomic E-state index is 0.0312. The molecule has 0 unspecified atom stereocenters. The molecule has 0 spiro atoms. The van der Waals surface area contributed by atoms with Gasteiger partial charge in [0.1, 0.15) is 18.8 Å². The van der Waals surface area contributed by atoms with E-state index >= 15 is 0 Å². The Morgan fingerprint density at radius 3 is 1.72 bits per heavy atom. The van der Waals surface area contributed by atoms with E-state index in [9.17, 15) is 28.8 Å². The van der Waals surface area contributed by atoms with E-state index in [1.807, 2.05) is 0 Å². The fourth-order valence-corrected chi connectivity index (χ4v) is 3.42. The number of piperidine rings is 1. The molecular formula is C20H28N2O10. The van der Waals surface area contributed by atoms with Crippen LogP contribution in [-0.4, -0.2) is 77.7 Å². The quantitative estimate of drug-likeness (QED) is 0.274. The summed E-state index contributed by atoms with van der Waals surface area (Å²) in [5.74, 6) is -4.61. The monoisotopic (exact) mass is 456 g/mol. The Morgan fingerprint density at radius 2 is 1.22 bits per heavy atom. The average Bonchev–Trinajstić information content (AvgIpc) is 3.08. The maximum atomic E-state index is 12.6. The standard InChI is InChI=1S/C20H28N2O10/c1-5-11(23)29-9-10-15(30-12(24)6-2)16(31-13(25)7-3)17(32-14(26)8-4)18-21-19(27)20(28)22(10)18/h10,15-18H,5-9H2,1-4H3,(H,21,27)/t10-,15-,16+,17+,18+/m1/s1. The Morgan fingerprint density at radius 1 is 0.750 bits per heavy atom. The van der Waals surface area contributed by atoms with Gasteiger partial charge in [-0.05, 0) is 0 Å². The van der Waals surface area contributed by atoms with Crippen LogP contribution in [0.4, 0.5) is 0 Å². The molecular weight excluding hydrogens is 428 g/mol. The molecule has 0 aliphatic carbocycles. The molecule has 2 rings (SSSR count). The van der Waals surface area contributed by atoms with E-state index in [4.69, 9.17) is 18.9 Å². The van der Waals surface area contributed by atoms with Crippen molar-refractivity contribution in [1.29, 1.82) is 0 Å². The lowest BCUT2D eigenvalue weighted by atomic mass is 9.91. The first-order valence-corrected chi connectivity index (χ1v) is 10.5. The molecule has 2 aliphatic heterocycles. The van der Waals surface area contributed by atoms with Crippen LogP contribution < -0.4 is 5.32 Å².